The van der Waals surface area contributed by atoms with Crippen LogP contribution in [0.5, 0.6) is 0 Å². The SMILES string of the molecule is Cc1cc2ccc(C#CC3(N)CCCCC3)cc2c(-c2ccc(Cl)cc2)c1C(OC(C)(C)C)C(=O)O. The van der Waals surface area contributed by atoms with Crippen molar-refractivity contribution < 1.29 is 14.6 Å². The van der Waals surface area contributed by atoms with Crippen LogP contribution in [0.15, 0.2) is 48.5 Å². The fourth-order valence-corrected chi connectivity index (χ4v) is 5.11. The van der Waals surface area contributed by atoms with Crippen LogP contribution in [0.2, 0.25) is 5.02 Å². The van der Waals surface area contributed by atoms with Gasteiger partial charge in [0.15, 0.2) is 6.10 Å². The predicted octanol–water partition coefficient (Wildman–Crippen LogP) is 7.42. The van der Waals surface area contributed by atoms with Gasteiger partial charge in [0, 0.05) is 16.1 Å². The third-order valence-electron chi connectivity index (χ3n) is 6.68. The summed E-state index contributed by atoms with van der Waals surface area (Å²) in [4.78, 5) is 12.5. The third-order valence-corrected chi connectivity index (χ3v) is 6.93. The first-order valence-electron chi connectivity index (χ1n) is 12.5. The number of hydrogen-bond donors (Lipinski definition) is 2. The molecule has 0 bridgehead atoms. The smallest absolute Gasteiger partial charge is 0.337 e. The molecule has 5 heteroatoms. The summed E-state index contributed by atoms with van der Waals surface area (Å²) in [5.74, 6) is 5.62. The molecule has 3 aromatic carbocycles. The number of hydrogen-bond acceptors (Lipinski definition) is 3. The second kappa shape index (κ2) is 10.3. The molecule has 1 aliphatic carbocycles. The van der Waals surface area contributed by atoms with E-state index < -0.39 is 23.2 Å². The second-order valence-corrected chi connectivity index (χ2v) is 11.3. The molecule has 0 spiro atoms. The first kappa shape index (κ1) is 26.2. The fraction of sp³-hybridized carbons (Fsp3) is 0.387. The molecule has 1 fully saturated rings. The number of carboxylic acids is 1. The summed E-state index contributed by atoms with van der Waals surface area (Å²) >= 11 is 6.19. The Morgan fingerprint density at radius 1 is 1.08 bits per heavy atom. The Balaban J connectivity index is 1.96. The zero-order chi connectivity index (χ0) is 26.1. The molecule has 0 amide bonds. The lowest BCUT2D eigenvalue weighted by Gasteiger charge is -2.28. The molecule has 4 nitrogen and oxygen atoms in total. The van der Waals surface area contributed by atoms with Crippen LogP contribution >= 0.6 is 11.6 Å². The van der Waals surface area contributed by atoms with Gasteiger partial charge >= 0.3 is 5.97 Å². The minimum Gasteiger partial charge on any atom is -0.479 e. The summed E-state index contributed by atoms with van der Waals surface area (Å²) in [6.07, 6.45) is 4.12. The average Bonchev–Trinajstić information content (AvgIpc) is 2.81. The monoisotopic (exact) mass is 503 g/mol. The minimum atomic E-state index is -1.13. The van der Waals surface area contributed by atoms with Gasteiger partial charge in [-0.15, -0.1) is 0 Å². The maximum atomic E-state index is 12.5. The summed E-state index contributed by atoms with van der Waals surface area (Å²) in [6, 6.07) is 15.6. The first-order chi connectivity index (χ1) is 17.0. The number of rotatable bonds is 4. The number of carbonyl (C=O) groups is 1. The molecule has 1 aliphatic rings. The van der Waals surface area contributed by atoms with Gasteiger partial charge in [-0.1, -0.05) is 67.0 Å². The summed E-state index contributed by atoms with van der Waals surface area (Å²) in [5, 5.41) is 12.8. The number of benzene rings is 3. The predicted molar refractivity (Wildman–Crippen MR) is 147 cm³/mol. The Labute approximate surface area is 218 Å². The molecule has 4 rings (SSSR count). The molecule has 3 aromatic rings. The standard InChI is InChI=1S/C31H34ClNO3/c1-20-18-23-9-8-21(14-17-31(33)15-6-5-7-16-31)19-25(23)27(22-10-12-24(32)13-11-22)26(20)28(29(34)35)36-30(2,3)4/h8-13,18-19,28H,5-7,15-16,33H2,1-4H3,(H,34,35). The van der Waals surface area contributed by atoms with Crippen LogP contribution in [0, 0.1) is 18.8 Å². The zero-order valence-electron chi connectivity index (χ0n) is 21.5. The maximum Gasteiger partial charge on any atom is 0.337 e. The molecular formula is C31H34ClNO3. The van der Waals surface area contributed by atoms with Crippen molar-refractivity contribution in [3.8, 4) is 23.0 Å². The zero-order valence-corrected chi connectivity index (χ0v) is 22.2. The van der Waals surface area contributed by atoms with Crippen molar-refractivity contribution in [1.82, 2.24) is 0 Å². The number of ether oxygens (including phenoxy) is 1. The largest absolute Gasteiger partial charge is 0.479 e. The first-order valence-corrected chi connectivity index (χ1v) is 12.9. The number of nitrogens with two attached hydrogens (primary N) is 1. The Morgan fingerprint density at radius 2 is 1.75 bits per heavy atom. The summed E-state index contributed by atoms with van der Waals surface area (Å²) in [5.41, 5.74) is 9.51. The third kappa shape index (κ3) is 5.93. The van der Waals surface area contributed by atoms with E-state index in [9.17, 15) is 9.90 Å². The topological polar surface area (TPSA) is 72.5 Å². The molecule has 3 N–H and O–H groups in total. The highest BCUT2D eigenvalue weighted by Gasteiger charge is 2.31. The van der Waals surface area contributed by atoms with Crippen LogP contribution in [-0.4, -0.2) is 22.2 Å². The number of aliphatic carboxylic acids is 1. The van der Waals surface area contributed by atoms with Gasteiger partial charge in [-0.25, -0.2) is 4.79 Å². The van der Waals surface area contributed by atoms with Crippen molar-refractivity contribution in [2.24, 2.45) is 5.73 Å². The average molecular weight is 504 g/mol. The fourth-order valence-electron chi connectivity index (χ4n) is 4.99. The van der Waals surface area contributed by atoms with Crippen LogP contribution in [0.1, 0.15) is 75.7 Å². The van der Waals surface area contributed by atoms with Crippen molar-refractivity contribution in [2.75, 3.05) is 0 Å². The summed E-state index contributed by atoms with van der Waals surface area (Å²) in [7, 11) is 0. The van der Waals surface area contributed by atoms with Gasteiger partial charge in [-0.05, 0) is 92.3 Å². The Bertz CT molecular complexity index is 1340. The number of halogens is 1. The van der Waals surface area contributed by atoms with Gasteiger partial charge < -0.3 is 15.6 Å². The summed E-state index contributed by atoms with van der Waals surface area (Å²) < 4.78 is 6.10. The highest BCUT2D eigenvalue weighted by molar-refractivity contribution is 6.30. The summed E-state index contributed by atoms with van der Waals surface area (Å²) in [6.45, 7) is 7.53. The van der Waals surface area contributed by atoms with Crippen molar-refractivity contribution in [2.45, 2.75) is 77.0 Å². The van der Waals surface area contributed by atoms with E-state index in [1.165, 1.54) is 6.42 Å². The van der Waals surface area contributed by atoms with Crippen LogP contribution in [-0.2, 0) is 9.53 Å². The van der Waals surface area contributed by atoms with E-state index in [1.807, 2.05) is 76.2 Å². The van der Waals surface area contributed by atoms with Crippen LogP contribution in [0.25, 0.3) is 21.9 Å². The van der Waals surface area contributed by atoms with E-state index in [-0.39, 0.29) is 0 Å². The molecule has 36 heavy (non-hydrogen) atoms. The lowest BCUT2D eigenvalue weighted by molar-refractivity contribution is -0.160. The van der Waals surface area contributed by atoms with Crippen molar-refractivity contribution >= 4 is 28.3 Å². The van der Waals surface area contributed by atoms with Crippen LogP contribution in [0.4, 0.5) is 0 Å². The highest BCUT2D eigenvalue weighted by atomic mass is 35.5. The molecule has 0 aromatic heterocycles. The molecule has 188 valence electrons. The van der Waals surface area contributed by atoms with Crippen molar-refractivity contribution in [3.05, 3.63) is 70.2 Å². The molecule has 0 saturated heterocycles. The van der Waals surface area contributed by atoms with E-state index >= 15 is 0 Å². The molecule has 0 radical (unpaired) electrons. The molecule has 1 saturated carbocycles. The van der Waals surface area contributed by atoms with Crippen LogP contribution < -0.4 is 5.73 Å². The lowest BCUT2D eigenvalue weighted by atomic mass is 9.83. The van der Waals surface area contributed by atoms with Crippen molar-refractivity contribution in [1.29, 1.82) is 0 Å². The van der Waals surface area contributed by atoms with Gasteiger partial charge in [0.1, 0.15) is 0 Å². The lowest BCUT2D eigenvalue weighted by Crippen LogP contribution is -2.40. The second-order valence-electron chi connectivity index (χ2n) is 10.8. The van der Waals surface area contributed by atoms with E-state index in [2.05, 4.69) is 11.8 Å². The molecule has 1 unspecified atom stereocenters. The Hall–Kier alpha value is -2.84. The Kier molecular flexibility index (Phi) is 7.48. The molecule has 0 heterocycles. The van der Waals surface area contributed by atoms with Gasteiger partial charge in [0.2, 0.25) is 0 Å². The van der Waals surface area contributed by atoms with Gasteiger partial charge in [-0.2, -0.15) is 0 Å². The quantitative estimate of drug-likeness (QED) is 0.363. The van der Waals surface area contributed by atoms with Crippen LogP contribution in [0.3, 0.4) is 0 Å². The maximum absolute atomic E-state index is 12.5. The highest BCUT2D eigenvalue weighted by Crippen LogP contribution is 2.41. The number of aryl methyl sites for hydroxylation is 1. The number of carboxylic acid groups (broad SMARTS) is 1. The molecule has 1 atom stereocenters. The molecule has 0 aliphatic heterocycles. The van der Waals surface area contributed by atoms with E-state index in [1.54, 1.807) is 0 Å². The van der Waals surface area contributed by atoms with E-state index in [0.717, 1.165) is 58.7 Å². The normalized spacial score (nSPS) is 16.3. The van der Waals surface area contributed by atoms with Crippen molar-refractivity contribution in [3.63, 3.8) is 0 Å². The number of fused-ring (bicyclic) bond motifs is 1. The molecular weight excluding hydrogens is 470 g/mol. The minimum absolute atomic E-state index is 0.445. The van der Waals surface area contributed by atoms with Gasteiger partial charge in [0.25, 0.3) is 0 Å². The Morgan fingerprint density at radius 3 is 2.36 bits per heavy atom. The van der Waals surface area contributed by atoms with E-state index in [4.69, 9.17) is 22.1 Å². The van der Waals surface area contributed by atoms with Gasteiger partial charge in [0.05, 0.1) is 11.1 Å². The van der Waals surface area contributed by atoms with E-state index in [0.29, 0.717) is 10.6 Å². The van der Waals surface area contributed by atoms with Gasteiger partial charge in [-0.3, -0.25) is 0 Å².